The second kappa shape index (κ2) is 6.04. The molecule has 0 spiro atoms. The average molecular weight is 329 g/mol. The number of nitrogens with zero attached hydrogens (tertiary/aromatic N) is 5. The first-order valence-corrected chi connectivity index (χ1v) is 8.40. The van der Waals surface area contributed by atoms with Crippen molar-refractivity contribution in [3.63, 3.8) is 0 Å². The molecule has 1 aliphatic heterocycles. The largest absolute Gasteiger partial charge is 0.431 e. The van der Waals surface area contributed by atoms with Gasteiger partial charge in [0.2, 0.25) is 5.91 Å². The van der Waals surface area contributed by atoms with E-state index in [4.69, 9.17) is 4.42 Å². The lowest BCUT2D eigenvalue weighted by Crippen LogP contribution is -2.30. The van der Waals surface area contributed by atoms with Gasteiger partial charge in [-0.25, -0.2) is 9.67 Å². The van der Waals surface area contributed by atoms with Crippen LogP contribution in [0.4, 0.5) is 0 Å². The zero-order valence-electron chi connectivity index (χ0n) is 12.3. The molecule has 7 nitrogen and oxygen atoms in total. The van der Waals surface area contributed by atoms with Crippen LogP contribution in [0, 0.1) is 0 Å². The van der Waals surface area contributed by atoms with Crippen molar-refractivity contribution in [2.45, 2.75) is 17.7 Å². The van der Waals surface area contributed by atoms with E-state index in [-0.39, 0.29) is 11.9 Å². The van der Waals surface area contributed by atoms with Crippen molar-refractivity contribution in [2.75, 3.05) is 18.8 Å². The Balaban J connectivity index is 1.35. The van der Waals surface area contributed by atoms with Crippen molar-refractivity contribution in [3.8, 4) is 0 Å². The van der Waals surface area contributed by atoms with Gasteiger partial charge in [0.25, 0.3) is 5.22 Å². The van der Waals surface area contributed by atoms with Gasteiger partial charge < -0.3 is 9.32 Å². The van der Waals surface area contributed by atoms with E-state index in [9.17, 15) is 4.79 Å². The highest BCUT2D eigenvalue weighted by Crippen LogP contribution is 2.25. The molecule has 0 saturated carbocycles. The highest BCUT2D eigenvalue weighted by molar-refractivity contribution is 7.99. The van der Waals surface area contributed by atoms with Crippen molar-refractivity contribution >= 4 is 28.8 Å². The molecule has 4 rings (SSSR count). The zero-order chi connectivity index (χ0) is 15.6. The minimum atomic E-state index is 0.0971. The molecule has 23 heavy (non-hydrogen) atoms. The van der Waals surface area contributed by atoms with Gasteiger partial charge in [-0.2, -0.15) is 0 Å². The Hall–Kier alpha value is -2.35. The first-order chi connectivity index (χ1) is 11.3. The second-order valence-corrected chi connectivity index (χ2v) is 6.33. The fraction of sp³-hybridized carbons (Fsp3) is 0.333. The van der Waals surface area contributed by atoms with Gasteiger partial charge in [-0.1, -0.05) is 29.1 Å². The number of thioether (sulfide) groups is 1. The predicted octanol–water partition coefficient (Wildman–Crippen LogP) is 1.98. The fourth-order valence-corrected chi connectivity index (χ4v) is 3.47. The van der Waals surface area contributed by atoms with Gasteiger partial charge in [0.05, 0.1) is 18.0 Å². The molecule has 1 fully saturated rings. The summed E-state index contributed by atoms with van der Waals surface area (Å²) in [7, 11) is 0. The lowest BCUT2D eigenvalue weighted by molar-refractivity contribution is -0.127. The Morgan fingerprint density at radius 2 is 2.30 bits per heavy atom. The zero-order valence-corrected chi connectivity index (χ0v) is 13.1. The first kappa shape index (κ1) is 14.3. The number of carbonyl (C=O) groups is 1. The standard InChI is InChI=1S/C15H15N5O2S/c21-14(19-7-5-11(9-19)20-8-6-16-18-20)10-23-15-17-12-3-1-2-4-13(12)22-15/h1-4,6,8,11H,5,7,9-10H2. The van der Waals surface area contributed by atoms with Crippen molar-refractivity contribution in [3.05, 3.63) is 36.7 Å². The Labute approximate surface area is 136 Å². The molecule has 0 N–H and O–H groups in total. The second-order valence-electron chi connectivity index (χ2n) is 5.40. The molecule has 1 saturated heterocycles. The van der Waals surface area contributed by atoms with Gasteiger partial charge in [0, 0.05) is 19.3 Å². The third kappa shape index (κ3) is 2.94. The average Bonchev–Trinajstić information content (AvgIpc) is 3.31. The maximum atomic E-state index is 12.3. The molecule has 0 aliphatic carbocycles. The van der Waals surface area contributed by atoms with Gasteiger partial charge in [-0.15, -0.1) is 5.10 Å². The van der Waals surface area contributed by atoms with Crippen LogP contribution in [0.2, 0.25) is 0 Å². The van der Waals surface area contributed by atoms with Crippen molar-refractivity contribution in [1.29, 1.82) is 0 Å². The number of aromatic nitrogens is 4. The smallest absolute Gasteiger partial charge is 0.257 e. The summed E-state index contributed by atoms with van der Waals surface area (Å²) >= 11 is 1.34. The molecule has 1 atom stereocenters. The van der Waals surface area contributed by atoms with E-state index in [1.54, 1.807) is 6.20 Å². The number of carbonyl (C=O) groups excluding carboxylic acids is 1. The number of oxazole rings is 1. The molecule has 118 valence electrons. The van der Waals surface area contributed by atoms with Crippen LogP contribution < -0.4 is 0 Å². The number of benzene rings is 1. The van der Waals surface area contributed by atoms with Gasteiger partial charge in [0.15, 0.2) is 5.58 Å². The third-order valence-electron chi connectivity index (χ3n) is 3.92. The third-order valence-corrected chi connectivity index (χ3v) is 4.74. The summed E-state index contributed by atoms with van der Waals surface area (Å²) in [4.78, 5) is 18.6. The molecule has 1 amide bonds. The van der Waals surface area contributed by atoms with Crippen molar-refractivity contribution in [2.24, 2.45) is 0 Å². The minimum absolute atomic E-state index is 0.0971. The van der Waals surface area contributed by atoms with Crippen LogP contribution >= 0.6 is 11.8 Å². The van der Waals surface area contributed by atoms with E-state index >= 15 is 0 Å². The number of fused-ring (bicyclic) bond motifs is 1. The van der Waals surface area contributed by atoms with Crippen LogP contribution in [-0.2, 0) is 4.79 Å². The molecule has 0 radical (unpaired) electrons. The summed E-state index contributed by atoms with van der Waals surface area (Å²) in [5.74, 6) is 0.427. The highest BCUT2D eigenvalue weighted by atomic mass is 32.2. The van der Waals surface area contributed by atoms with Crippen LogP contribution in [-0.4, -0.2) is 49.6 Å². The fourth-order valence-electron chi connectivity index (χ4n) is 2.72. The Bertz CT molecular complexity index is 783. The van der Waals surface area contributed by atoms with Crippen LogP contribution in [0.5, 0.6) is 0 Å². The monoisotopic (exact) mass is 329 g/mol. The van der Waals surface area contributed by atoms with E-state index in [1.807, 2.05) is 40.0 Å². The molecule has 3 heterocycles. The number of likely N-dealkylation sites (tertiary alicyclic amines) is 1. The van der Waals surface area contributed by atoms with Gasteiger partial charge in [-0.3, -0.25) is 4.79 Å². The quantitative estimate of drug-likeness (QED) is 0.681. The molecule has 1 aliphatic rings. The number of amides is 1. The summed E-state index contributed by atoms with van der Waals surface area (Å²) in [6, 6.07) is 7.81. The molecule has 2 aromatic heterocycles. The molecule has 8 heteroatoms. The first-order valence-electron chi connectivity index (χ1n) is 7.41. The summed E-state index contributed by atoms with van der Waals surface area (Å²) in [6.07, 6.45) is 4.40. The van der Waals surface area contributed by atoms with E-state index < -0.39 is 0 Å². The SMILES string of the molecule is O=C(CSc1nc2ccccc2o1)N1CCC(n2ccnn2)C1. The summed E-state index contributed by atoms with van der Waals surface area (Å²) in [6.45, 7) is 1.42. The van der Waals surface area contributed by atoms with Crippen LogP contribution in [0.25, 0.3) is 11.1 Å². The number of hydrogen-bond acceptors (Lipinski definition) is 6. The Morgan fingerprint density at radius 3 is 3.13 bits per heavy atom. The van der Waals surface area contributed by atoms with Crippen molar-refractivity contribution in [1.82, 2.24) is 24.9 Å². The van der Waals surface area contributed by atoms with E-state index in [2.05, 4.69) is 15.3 Å². The molecule has 1 aromatic carbocycles. The molecule has 3 aromatic rings. The maximum Gasteiger partial charge on any atom is 0.257 e. The number of hydrogen-bond donors (Lipinski definition) is 0. The number of para-hydroxylation sites is 2. The van der Waals surface area contributed by atoms with Crippen LogP contribution in [0.3, 0.4) is 0 Å². The topological polar surface area (TPSA) is 77.0 Å². The summed E-state index contributed by atoms with van der Waals surface area (Å²) in [5.41, 5.74) is 1.56. The molecule has 0 bridgehead atoms. The van der Waals surface area contributed by atoms with Crippen LogP contribution in [0.15, 0.2) is 46.3 Å². The van der Waals surface area contributed by atoms with Crippen LogP contribution in [0.1, 0.15) is 12.5 Å². The Kier molecular flexibility index (Phi) is 3.74. The lowest BCUT2D eigenvalue weighted by Gasteiger charge is -2.15. The normalized spacial score (nSPS) is 17.9. The minimum Gasteiger partial charge on any atom is -0.431 e. The van der Waals surface area contributed by atoms with E-state index in [0.717, 1.165) is 24.1 Å². The lowest BCUT2D eigenvalue weighted by atomic mass is 10.3. The van der Waals surface area contributed by atoms with Crippen molar-refractivity contribution < 1.29 is 9.21 Å². The van der Waals surface area contributed by atoms with Gasteiger partial charge in [0.1, 0.15) is 5.52 Å². The summed E-state index contributed by atoms with van der Waals surface area (Å²) in [5, 5.41) is 8.36. The van der Waals surface area contributed by atoms with Gasteiger partial charge in [-0.05, 0) is 18.6 Å². The maximum absolute atomic E-state index is 12.3. The number of rotatable bonds is 4. The highest BCUT2D eigenvalue weighted by Gasteiger charge is 2.28. The molecule has 1 unspecified atom stereocenters. The molecular formula is C15H15N5O2S. The van der Waals surface area contributed by atoms with E-state index in [1.165, 1.54) is 11.8 Å². The van der Waals surface area contributed by atoms with E-state index in [0.29, 0.717) is 17.5 Å². The van der Waals surface area contributed by atoms with Gasteiger partial charge >= 0.3 is 0 Å². The Morgan fingerprint density at radius 1 is 1.39 bits per heavy atom. The molecular weight excluding hydrogens is 314 g/mol. The summed E-state index contributed by atoms with van der Waals surface area (Å²) < 4.78 is 7.44. The predicted molar refractivity (Wildman–Crippen MR) is 85.0 cm³/mol.